The Morgan fingerprint density at radius 3 is 2.71 bits per heavy atom. The number of carbonyl (C=O) groups is 1. The number of benzene rings is 1. The summed E-state index contributed by atoms with van der Waals surface area (Å²) in [6.07, 6.45) is 2.84. The minimum absolute atomic E-state index is 0.0486. The first kappa shape index (κ1) is 18.7. The average Bonchev–Trinajstić information content (AvgIpc) is 3.43. The molecular formula is C22H22FN5O3. The highest BCUT2D eigenvalue weighted by Gasteiger charge is 2.60. The Labute approximate surface area is 177 Å². The molecule has 1 spiro atoms. The van der Waals surface area contributed by atoms with Gasteiger partial charge in [-0.05, 0) is 11.6 Å². The molecule has 0 unspecified atom stereocenters. The van der Waals surface area contributed by atoms with Gasteiger partial charge in [-0.2, -0.15) is 9.61 Å². The second kappa shape index (κ2) is 6.73. The summed E-state index contributed by atoms with van der Waals surface area (Å²) in [6.45, 7) is 1.11. The fraction of sp³-hybridized carbons (Fsp3) is 0.409. The summed E-state index contributed by atoms with van der Waals surface area (Å²) in [7, 11) is 0. The molecule has 3 fully saturated rings. The SMILES string of the molecule is O=C1N2[C@H](OC13CCN(c1ccnc4c(F)cnn14)CC3)[C@@H](O)C[C@H]2c1ccccc1. The first-order valence-corrected chi connectivity index (χ1v) is 10.5. The number of amides is 1. The maximum Gasteiger partial charge on any atom is 0.257 e. The highest BCUT2D eigenvalue weighted by molar-refractivity contribution is 5.88. The lowest BCUT2D eigenvalue weighted by molar-refractivity contribution is -0.142. The van der Waals surface area contributed by atoms with Crippen LogP contribution in [-0.2, 0) is 9.53 Å². The van der Waals surface area contributed by atoms with Crippen molar-refractivity contribution < 1.29 is 19.0 Å². The molecule has 3 aromatic rings. The van der Waals surface area contributed by atoms with E-state index < -0.39 is 23.8 Å². The van der Waals surface area contributed by atoms with Gasteiger partial charge in [0.1, 0.15) is 11.9 Å². The van der Waals surface area contributed by atoms with Gasteiger partial charge in [0, 0.05) is 38.5 Å². The monoisotopic (exact) mass is 423 g/mol. The van der Waals surface area contributed by atoms with Crippen molar-refractivity contribution in [1.82, 2.24) is 19.5 Å². The molecule has 2 aromatic heterocycles. The Kier molecular flexibility index (Phi) is 4.06. The molecule has 3 atom stereocenters. The molecule has 9 heteroatoms. The van der Waals surface area contributed by atoms with Crippen LogP contribution in [0.1, 0.15) is 30.9 Å². The van der Waals surface area contributed by atoms with Crippen LogP contribution in [0.5, 0.6) is 0 Å². The highest BCUT2D eigenvalue weighted by Crippen LogP contribution is 2.48. The lowest BCUT2D eigenvalue weighted by atomic mass is 9.89. The van der Waals surface area contributed by atoms with Gasteiger partial charge < -0.3 is 19.6 Å². The molecule has 0 radical (unpaired) electrons. The zero-order valence-corrected chi connectivity index (χ0v) is 16.8. The number of nitrogens with zero attached hydrogens (tertiary/aromatic N) is 5. The molecule has 5 heterocycles. The van der Waals surface area contributed by atoms with Crippen molar-refractivity contribution in [1.29, 1.82) is 0 Å². The Morgan fingerprint density at radius 2 is 1.94 bits per heavy atom. The van der Waals surface area contributed by atoms with Crippen LogP contribution in [0.3, 0.4) is 0 Å². The topological polar surface area (TPSA) is 83.2 Å². The van der Waals surface area contributed by atoms with Gasteiger partial charge in [0.2, 0.25) is 0 Å². The zero-order chi connectivity index (χ0) is 21.2. The Hall–Kier alpha value is -3.04. The van der Waals surface area contributed by atoms with E-state index in [0.29, 0.717) is 32.4 Å². The number of fused-ring (bicyclic) bond motifs is 2. The molecule has 3 aliphatic rings. The molecule has 0 bridgehead atoms. The number of hydrogen-bond donors (Lipinski definition) is 1. The van der Waals surface area contributed by atoms with Crippen LogP contribution in [0.4, 0.5) is 10.2 Å². The predicted octanol–water partition coefficient (Wildman–Crippen LogP) is 1.90. The summed E-state index contributed by atoms with van der Waals surface area (Å²) in [6, 6.07) is 11.4. The van der Waals surface area contributed by atoms with Crippen molar-refractivity contribution in [2.45, 2.75) is 43.2 Å². The minimum Gasteiger partial charge on any atom is -0.388 e. The predicted molar refractivity (Wildman–Crippen MR) is 109 cm³/mol. The molecule has 0 saturated carbocycles. The van der Waals surface area contributed by atoms with Gasteiger partial charge in [-0.3, -0.25) is 4.79 Å². The van der Waals surface area contributed by atoms with E-state index in [4.69, 9.17) is 4.74 Å². The second-order valence-corrected chi connectivity index (χ2v) is 8.46. The fourth-order valence-corrected chi connectivity index (χ4v) is 5.22. The van der Waals surface area contributed by atoms with Crippen LogP contribution in [0.2, 0.25) is 0 Å². The van der Waals surface area contributed by atoms with E-state index in [-0.39, 0.29) is 17.6 Å². The number of aliphatic hydroxyl groups excluding tert-OH is 1. The molecule has 8 nitrogen and oxygen atoms in total. The number of halogens is 1. The third kappa shape index (κ3) is 2.69. The number of carbonyl (C=O) groups excluding carboxylic acids is 1. The maximum absolute atomic E-state index is 13.9. The average molecular weight is 423 g/mol. The number of aliphatic hydroxyl groups is 1. The van der Waals surface area contributed by atoms with Crippen molar-refractivity contribution >= 4 is 17.4 Å². The van der Waals surface area contributed by atoms with Crippen molar-refractivity contribution in [3.8, 4) is 0 Å². The molecule has 3 saturated heterocycles. The summed E-state index contributed by atoms with van der Waals surface area (Å²) in [5, 5.41) is 14.7. The fourth-order valence-electron chi connectivity index (χ4n) is 5.22. The number of rotatable bonds is 2. The Bertz CT molecular complexity index is 1140. The normalized spacial score (nSPS) is 27.4. The number of aromatic nitrogens is 3. The summed E-state index contributed by atoms with van der Waals surface area (Å²) in [4.78, 5) is 21.4. The van der Waals surface area contributed by atoms with Crippen molar-refractivity contribution in [3.63, 3.8) is 0 Å². The van der Waals surface area contributed by atoms with Gasteiger partial charge in [-0.1, -0.05) is 30.3 Å². The molecule has 1 amide bonds. The molecule has 160 valence electrons. The molecular weight excluding hydrogens is 401 g/mol. The van der Waals surface area contributed by atoms with E-state index in [9.17, 15) is 14.3 Å². The van der Waals surface area contributed by atoms with E-state index in [1.807, 2.05) is 30.3 Å². The zero-order valence-electron chi connectivity index (χ0n) is 16.8. The third-order valence-corrected chi connectivity index (χ3v) is 6.79. The van der Waals surface area contributed by atoms with Crippen LogP contribution in [0.15, 0.2) is 48.8 Å². The first-order valence-electron chi connectivity index (χ1n) is 10.5. The number of ether oxygens (including phenoxy) is 1. The smallest absolute Gasteiger partial charge is 0.257 e. The highest BCUT2D eigenvalue weighted by atomic mass is 19.1. The standard InChI is InChI=1S/C22H22FN5O3/c23-15-13-25-28-18(6-9-24-19(15)28)26-10-7-22(8-11-26)21(30)27-16(12-17(29)20(27)31-22)14-4-2-1-3-5-14/h1-6,9,13,16-17,20,29H,7-8,10-12H2/t16-,17-,20+/m0/s1. The third-order valence-electron chi connectivity index (χ3n) is 6.79. The van der Waals surface area contributed by atoms with Crippen LogP contribution >= 0.6 is 0 Å². The summed E-state index contributed by atoms with van der Waals surface area (Å²) >= 11 is 0. The molecule has 1 aromatic carbocycles. The van der Waals surface area contributed by atoms with E-state index in [1.165, 1.54) is 4.52 Å². The van der Waals surface area contributed by atoms with Crippen molar-refractivity contribution in [2.24, 2.45) is 0 Å². The van der Waals surface area contributed by atoms with Crippen LogP contribution in [0.25, 0.3) is 5.65 Å². The van der Waals surface area contributed by atoms with Crippen molar-refractivity contribution in [3.05, 3.63) is 60.2 Å². The van der Waals surface area contributed by atoms with Crippen LogP contribution < -0.4 is 4.90 Å². The molecule has 6 rings (SSSR count). The van der Waals surface area contributed by atoms with E-state index in [2.05, 4.69) is 15.0 Å². The summed E-state index contributed by atoms with van der Waals surface area (Å²) in [5.41, 5.74) is 0.257. The van der Waals surface area contributed by atoms with Gasteiger partial charge in [0.25, 0.3) is 5.91 Å². The van der Waals surface area contributed by atoms with Crippen LogP contribution in [0, 0.1) is 5.82 Å². The quantitative estimate of drug-likeness (QED) is 0.678. The summed E-state index contributed by atoms with van der Waals surface area (Å²) < 4.78 is 21.6. The molecule has 31 heavy (non-hydrogen) atoms. The van der Waals surface area contributed by atoms with Gasteiger partial charge in [-0.25, -0.2) is 9.37 Å². The molecule has 3 aliphatic heterocycles. The number of hydrogen-bond acceptors (Lipinski definition) is 6. The largest absolute Gasteiger partial charge is 0.388 e. The first-order chi connectivity index (χ1) is 15.1. The van der Waals surface area contributed by atoms with Gasteiger partial charge in [-0.15, -0.1) is 0 Å². The van der Waals surface area contributed by atoms with E-state index >= 15 is 0 Å². The Morgan fingerprint density at radius 1 is 1.16 bits per heavy atom. The lowest BCUT2D eigenvalue weighted by Crippen LogP contribution is -2.51. The van der Waals surface area contributed by atoms with E-state index in [1.54, 1.807) is 17.2 Å². The van der Waals surface area contributed by atoms with Gasteiger partial charge in [0.05, 0.1) is 12.2 Å². The van der Waals surface area contributed by atoms with Gasteiger partial charge >= 0.3 is 0 Å². The lowest BCUT2D eigenvalue weighted by Gasteiger charge is -2.38. The number of anilines is 1. The van der Waals surface area contributed by atoms with Crippen LogP contribution in [-0.4, -0.2) is 61.5 Å². The van der Waals surface area contributed by atoms with E-state index in [0.717, 1.165) is 17.6 Å². The Balaban J connectivity index is 1.25. The maximum atomic E-state index is 13.9. The molecule has 1 N–H and O–H groups in total. The van der Waals surface area contributed by atoms with Gasteiger partial charge in [0.15, 0.2) is 23.3 Å². The summed E-state index contributed by atoms with van der Waals surface area (Å²) in [5.74, 6) is 0.218. The number of piperidine rings is 1. The van der Waals surface area contributed by atoms with Crippen molar-refractivity contribution in [2.75, 3.05) is 18.0 Å². The second-order valence-electron chi connectivity index (χ2n) is 8.46. The molecule has 0 aliphatic carbocycles. The minimum atomic E-state index is -0.933.